The Balaban J connectivity index is 1.70. The summed E-state index contributed by atoms with van der Waals surface area (Å²) in [5.74, 6) is 0. The lowest BCUT2D eigenvalue weighted by molar-refractivity contribution is 0.832. The first-order valence-electron chi connectivity index (χ1n) is 9.16. The second-order valence-corrected chi connectivity index (χ2v) is 6.62. The molecule has 0 bridgehead atoms. The molecule has 0 heterocycles. The Morgan fingerprint density at radius 2 is 1.58 bits per heavy atom. The predicted molar refractivity (Wildman–Crippen MR) is 113 cm³/mol. The molecule has 0 fully saturated rings. The Bertz CT molecular complexity index is 864. The van der Waals surface area contributed by atoms with Crippen LogP contribution < -0.4 is 4.90 Å². The molecule has 0 aliphatic rings. The quantitative estimate of drug-likeness (QED) is 0.496. The molecule has 2 nitrogen and oxygen atoms in total. The van der Waals surface area contributed by atoms with Gasteiger partial charge in [0, 0.05) is 25.0 Å². The lowest BCUT2D eigenvalue weighted by Crippen LogP contribution is -2.21. The van der Waals surface area contributed by atoms with Crippen LogP contribution in [-0.4, -0.2) is 12.8 Å². The Hall–Kier alpha value is -2.87. The fraction of sp³-hybridized carbons (Fsp3) is 0.208. The molecule has 3 rings (SSSR count). The van der Waals surface area contributed by atoms with Gasteiger partial charge in [0.25, 0.3) is 0 Å². The van der Waals surface area contributed by atoms with Crippen molar-refractivity contribution in [2.24, 2.45) is 4.99 Å². The second kappa shape index (κ2) is 8.48. The lowest BCUT2D eigenvalue weighted by atomic mass is 10.1. The van der Waals surface area contributed by atoms with Crippen LogP contribution in [0.3, 0.4) is 0 Å². The van der Waals surface area contributed by atoms with E-state index in [-0.39, 0.29) is 0 Å². The van der Waals surface area contributed by atoms with Crippen LogP contribution in [0.25, 0.3) is 0 Å². The van der Waals surface area contributed by atoms with Gasteiger partial charge in [-0.05, 0) is 67.3 Å². The molecule has 0 aromatic heterocycles. The summed E-state index contributed by atoms with van der Waals surface area (Å²) in [6, 6.07) is 25.5. The first kappa shape index (κ1) is 17.9. The van der Waals surface area contributed by atoms with Crippen molar-refractivity contribution in [3.8, 4) is 0 Å². The normalized spacial score (nSPS) is 11.0. The number of hydrogen-bond donors (Lipinski definition) is 0. The van der Waals surface area contributed by atoms with Crippen molar-refractivity contribution in [2.75, 3.05) is 11.4 Å². The van der Waals surface area contributed by atoms with E-state index in [0.717, 1.165) is 24.3 Å². The van der Waals surface area contributed by atoms with E-state index in [1.807, 2.05) is 6.21 Å². The van der Waals surface area contributed by atoms with Crippen LogP contribution in [0.5, 0.6) is 0 Å². The summed E-state index contributed by atoms with van der Waals surface area (Å²) in [5, 5.41) is 0. The van der Waals surface area contributed by atoms with Crippen molar-refractivity contribution in [1.82, 2.24) is 0 Å². The third kappa shape index (κ3) is 4.60. The number of rotatable bonds is 6. The monoisotopic (exact) mass is 342 g/mol. The van der Waals surface area contributed by atoms with Gasteiger partial charge in [0.15, 0.2) is 0 Å². The van der Waals surface area contributed by atoms with E-state index in [1.165, 1.54) is 22.4 Å². The van der Waals surface area contributed by atoms with Gasteiger partial charge in [-0.3, -0.25) is 4.99 Å². The van der Waals surface area contributed by atoms with Crippen LogP contribution in [0.1, 0.15) is 29.2 Å². The van der Waals surface area contributed by atoms with Crippen molar-refractivity contribution in [3.63, 3.8) is 0 Å². The molecule has 0 unspecified atom stereocenters. The molecular formula is C24H26N2. The Kier molecular flexibility index (Phi) is 5.85. The Morgan fingerprint density at radius 3 is 2.23 bits per heavy atom. The average molecular weight is 342 g/mol. The van der Waals surface area contributed by atoms with Crippen LogP contribution in [0.15, 0.2) is 77.8 Å². The van der Waals surface area contributed by atoms with Gasteiger partial charge in [0.05, 0.1) is 5.69 Å². The molecule has 0 spiro atoms. The van der Waals surface area contributed by atoms with Crippen molar-refractivity contribution in [2.45, 2.75) is 27.3 Å². The summed E-state index contributed by atoms with van der Waals surface area (Å²) in [5.41, 5.74) is 7.24. The summed E-state index contributed by atoms with van der Waals surface area (Å²) in [6.45, 7) is 8.34. The number of hydrogen-bond acceptors (Lipinski definition) is 2. The van der Waals surface area contributed by atoms with Gasteiger partial charge in [-0.15, -0.1) is 0 Å². The maximum absolute atomic E-state index is 4.60. The minimum atomic E-state index is 0.924. The fourth-order valence-corrected chi connectivity index (χ4v) is 2.92. The second-order valence-electron chi connectivity index (χ2n) is 6.62. The summed E-state index contributed by atoms with van der Waals surface area (Å²) >= 11 is 0. The van der Waals surface area contributed by atoms with Gasteiger partial charge in [-0.25, -0.2) is 0 Å². The minimum absolute atomic E-state index is 0.924. The molecule has 0 saturated carbocycles. The summed E-state index contributed by atoms with van der Waals surface area (Å²) < 4.78 is 0. The number of benzene rings is 3. The van der Waals surface area contributed by atoms with Gasteiger partial charge in [-0.2, -0.15) is 0 Å². The highest BCUT2D eigenvalue weighted by molar-refractivity contribution is 5.82. The standard InChI is InChI=1S/C24H26N2/c1-4-26(18-22-8-6-5-7-9-22)24-14-11-21(12-15-24)17-25-23-13-10-19(2)20(3)16-23/h5-17H,4,18H2,1-3H3. The number of nitrogens with zero attached hydrogens (tertiary/aromatic N) is 2. The van der Waals surface area contributed by atoms with E-state index in [9.17, 15) is 0 Å². The molecule has 0 aliphatic heterocycles. The molecule has 132 valence electrons. The van der Waals surface area contributed by atoms with E-state index in [2.05, 4.69) is 103 Å². The van der Waals surface area contributed by atoms with Crippen molar-refractivity contribution >= 4 is 17.6 Å². The molecule has 3 aromatic rings. The Labute approximate surface area is 156 Å². The maximum Gasteiger partial charge on any atom is 0.0632 e. The van der Waals surface area contributed by atoms with Crippen LogP contribution in [0.4, 0.5) is 11.4 Å². The summed E-state index contributed by atoms with van der Waals surface area (Å²) in [6.07, 6.45) is 1.93. The fourth-order valence-electron chi connectivity index (χ4n) is 2.92. The van der Waals surface area contributed by atoms with E-state index < -0.39 is 0 Å². The molecule has 0 N–H and O–H groups in total. The van der Waals surface area contributed by atoms with Gasteiger partial charge < -0.3 is 4.90 Å². The van der Waals surface area contributed by atoms with Crippen molar-refractivity contribution < 1.29 is 0 Å². The molecule has 3 aromatic carbocycles. The molecular weight excluding hydrogens is 316 g/mol. The zero-order valence-corrected chi connectivity index (χ0v) is 15.8. The SMILES string of the molecule is CCN(Cc1ccccc1)c1ccc(C=Nc2ccc(C)c(C)c2)cc1. The highest BCUT2D eigenvalue weighted by Crippen LogP contribution is 2.19. The summed E-state index contributed by atoms with van der Waals surface area (Å²) in [4.78, 5) is 6.98. The zero-order chi connectivity index (χ0) is 18.4. The smallest absolute Gasteiger partial charge is 0.0632 e. The largest absolute Gasteiger partial charge is 0.367 e. The maximum atomic E-state index is 4.60. The van der Waals surface area contributed by atoms with E-state index in [4.69, 9.17) is 0 Å². The van der Waals surface area contributed by atoms with Crippen LogP contribution in [0, 0.1) is 13.8 Å². The highest BCUT2D eigenvalue weighted by Gasteiger charge is 2.05. The number of aryl methyl sites for hydroxylation is 2. The molecule has 0 aliphatic carbocycles. The summed E-state index contributed by atoms with van der Waals surface area (Å²) in [7, 11) is 0. The molecule has 26 heavy (non-hydrogen) atoms. The first-order chi connectivity index (χ1) is 12.7. The van der Waals surface area contributed by atoms with Crippen LogP contribution in [-0.2, 0) is 6.54 Å². The van der Waals surface area contributed by atoms with E-state index in [0.29, 0.717) is 0 Å². The highest BCUT2D eigenvalue weighted by atomic mass is 15.1. The van der Waals surface area contributed by atoms with Crippen LogP contribution in [0.2, 0.25) is 0 Å². The molecule has 0 amide bonds. The lowest BCUT2D eigenvalue weighted by Gasteiger charge is -2.23. The van der Waals surface area contributed by atoms with Gasteiger partial charge >= 0.3 is 0 Å². The predicted octanol–water partition coefficient (Wildman–Crippen LogP) is 6.08. The zero-order valence-electron chi connectivity index (χ0n) is 15.8. The minimum Gasteiger partial charge on any atom is -0.367 e. The topological polar surface area (TPSA) is 15.6 Å². The number of aliphatic imine (C=N–C) groups is 1. The molecule has 0 radical (unpaired) electrons. The van der Waals surface area contributed by atoms with Gasteiger partial charge in [0.2, 0.25) is 0 Å². The molecule has 0 saturated heterocycles. The first-order valence-corrected chi connectivity index (χ1v) is 9.16. The average Bonchev–Trinajstić information content (AvgIpc) is 2.68. The van der Waals surface area contributed by atoms with Crippen molar-refractivity contribution in [1.29, 1.82) is 0 Å². The van der Waals surface area contributed by atoms with Crippen molar-refractivity contribution in [3.05, 3.63) is 95.1 Å². The third-order valence-electron chi connectivity index (χ3n) is 4.71. The Morgan fingerprint density at radius 1 is 0.846 bits per heavy atom. The molecule has 2 heteroatoms. The third-order valence-corrected chi connectivity index (χ3v) is 4.71. The number of anilines is 1. The molecule has 0 atom stereocenters. The van der Waals surface area contributed by atoms with E-state index in [1.54, 1.807) is 0 Å². The van der Waals surface area contributed by atoms with Crippen LogP contribution >= 0.6 is 0 Å². The van der Waals surface area contributed by atoms with Gasteiger partial charge in [-0.1, -0.05) is 48.5 Å². The van der Waals surface area contributed by atoms with Gasteiger partial charge in [0.1, 0.15) is 0 Å². The van der Waals surface area contributed by atoms with E-state index >= 15 is 0 Å².